The largest absolute Gasteiger partial charge is 0.372 e. The van der Waals surface area contributed by atoms with E-state index in [1.54, 1.807) is 11.3 Å². The molecule has 0 unspecified atom stereocenters. The van der Waals surface area contributed by atoms with Crippen LogP contribution in [-0.4, -0.2) is 18.1 Å². The van der Waals surface area contributed by atoms with Gasteiger partial charge in [-0.15, -0.1) is 11.3 Å². The Bertz CT molecular complexity index is 1200. The predicted molar refractivity (Wildman–Crippen MR) is 107 cm³/mol. The fourth-order valence-electron chi connectivity index (χ4n) is 3.68. The number of rotatable bonds is 1. The molecule has 2 aromatic heterocycles. The van der Waals surface area contributed by atoms with Crippen LogP contribution in [0.25, 0.3) is 31.1 Å². The number of anilines is 1. The first-order valence-electron chi connectivity index (χ1n) is 8.42. The van der Waals surface area contributed by atoms with Crippen LogP contribution in [0.5, 0.6) is 0 Å². The van der Waals surface area contributed by atoms with E-state index in [1.807, 2.05) is 36.4 Å². The summed E-state index contributed by atoms with van der Waals surface area (Å²) in [7, 11) is 0. The number of para-hydroxylation sites is 1. The van der Waals surface area contributed by atoms with E-state index < -0.39 is 0 Å². The van der Waals surface area contributed by atoms with Crippen molar-refractivity contribution in [3.05, 3.63) is 57.8 Å². The highest BCUT2D eigenvalue weighted by atomic mass is 35.5. The molecule has 0 bridgehead atoms. The highest BCUT2D eigenvalue weighted by Gasteiger charge is 2.16. The van der Waals surface area contributed by atoms with Crippen molar-refractivity contribution in [1.29, 1.82) is 0 Å². The molecule has 0 aliphatic carbocycles. The second kappa shape index (κ2) is 5.68. The first-order chi connectivity index (χ1) is 12.2. The zero-order valence-electron chi connectivity index (χ0n) is 13.5. The first kappa shape index (κ1) is 15.1. The van der Waals surface area contributed by atoms with Gasteiger partial charge in [0.1, 0.15) is 5.15 Å². The molecular formula is C20H15ClN2OS. The van der Waals surface area contributed by atoms with E-state index in [-0.39, 0.29) is 5.43 Å². The quantitative estimate of drug-likeness (QED) is 0.263. The molecule has 124 valence electrons. The maximum atomic E-state index is 13.3. The van der Waals surface area contributed by atoms with Gasteiger partial charge in [-0.25, -0.2) is 4.98 Å². The Morgan fingerprint density at radius 1 is 1.04 bits per heavy atom. The van der Waals surface area contributed by atoms with E-state index >= 15 is 0 Å². The van der Waals surface area contributed by atoms with Crippen molar-refractivity contribution >= 4 is 59.7 Å². The van der Waals surface area contributed by atoms with Crippen LogP contribution in [0.3, 0.4) is 0 Å². The van der Waals surface area contributed by atoms with Crippen LogP contribution in [0.2, 0.25) is 5.15 Å². The summed E-state index contributed by atoms with van der Waals surface area (Å²) in [6.07, 6.45) is 2.43. The third-order valence-electron chi connectivity index (χ3n) is 4.92. The number of nitrogens with zero attached hydrogens (tertiary/aromatic N) is 2. The molecule has 1 saturated heterocycles. The van der Waals surface area contributed by atoms with E-state index in [0.717, 1.165) is 44.5 Å². The third-order valence-corrected chi connectivity index (χ3v) is 6.49. The Hall–Kier alpha value is -2.17. The average Bonchev–Trinajstić information content (AvgIpc) is 3.16. The molecule has 0 saturated carbocycles. The van der Waals surface area contributed by atoms with Crippen molar-refractivity contribution in [3.63, 3.8) is 0 Å². The Morgan fingerprint density at radius 2 is 1.84 bits per heavy atom. The Labute approximate surface area is 153 Å². The minimum atomic E-state index is 0.0466. The Morgan fingerprint density at radius 3 is 2.68 bits per heavy atom. The molecule has 2 aromatic carbocycles. The summed E-state index contributed by atoms with van der Waals surface area (Å²) in [4.78, 5) is 20.1. The van der Waals surface area contributed by atoms with Gasteiger partial charge in [-0.05, 0) is 37.1 Å². The average molecular weight is 367 g/mol. The van der Waals surface area contributed by atoms with Crippen molar-refractivity contribution in [2.75, 3.05) is 18.0 Å². The Kier molecular flexibility index (Phi) is 3.43. The van der Waals surface area contributed by atoms with E-state index in [4.69, 9.17) is 11.6 Å². The van der Waals surface area contributed by atoms with E-state index in [1.165, 1.54) is 12.8 Å². The number of fused-ring (bicyclic) bond motifs is 4. The van der Waals surface area contributed by atoms with Gasteiger partial charge in [0.05, 0.1) is 15.6 Å². The van der Waals surface area contributed by atoms with Gasteiger partial charge < -0.3 is 4.90 Å². The minimum absolute atomic E-state index is 0.0466. The van der Waals surface area contributed by atoms with Crippen LogP contribution < -0.4 is 10.3 Å². The summed E-state index contributed by atoms with van der Waals surface area (Å²) in [6.45, 7) is 2.13. The predicted octanol–water partition coefficient (Wildman–Crippen LogP) is 5.22. The van der Waals surface area contributed by atoms with Gasteiger partial charge in [-0.1, -0.05) is 29.8 Å². The molecule has 3 heterocycles. The minimum Gasteiger partial charge on any atom is -0.372 e. The monoisotopic (exact) mass is 366 g/mol. The highest BCUT2D eigenvalue weighted by Crippen LogP contribution is 2.35. The maximum absolute atomic E-state index is 13.3. The lowest BCUT2D eigenvalue weighted by Gasteiger charge is -2.18. The second-order valence-corrected chi connectivity index (χ2v) is 7.84. The van der Waals surface area contributed by atoms with Gasteiger partial charge in [0, 0.05) is 34.2 Å². The van der Waals surface area contributed by atoms with E-state index in [2.05, 4.69) is 16.0 Å². The van der Waals surface area contributed by atoms with Crippen LogP contribution >= 0.6 is 22.9 Å². The molecule has 5 rings (SSSR count). The molecule has 25 heavy (non-hydrogen) atoms. The topological polar surface area (TPSA) is 33.2 Å². The fraction of sp³-hybridized carbons (Fsp3) is 0.200. The zero-order chi connectivity index (χ0) is 17.0. The van der Waals surface area contributed by atoms with Crippen LogP contribution in [0.15, 0.2) is 47.3 Å². The van der Waals surface area contributed by atoms with Crippen LogP contribution in [-0.2, 0) is 0 Å². The van der Waals surface area contributed by atoms with Crippen LogP contribution in [0.1, 0.15) is 12.8 Å². The zero-order valence-corrected chi connectivity index (χ0v) is 15.0. The lowest BCUT2D eigenvalue weighted by atomic mass is 10.1. The second-order valence-electron chi connectivity index (χ2n) is 6.43. The summed E-state index contributed by atoms with van der Waals surface area (Å²) in [5, 5.41) is 2.74. The van der Waals surface area contributed by atoms with Crippen LogP contribution in [0, 0.1) is 0 Å². The van der Waals surface area contributed by atoms with E-state index in [9.17, 15) is 4.79 Å². The summed E-state index contributed by atoms with van der Waals surface area (Å²) >= 11 is 7.94. The molecule has 0 radical (unpaired) electrons. The first-order valence-corrected chi connectivity index (χ1v) is 9.61. The van der Waals surface area contributed by atoms with Crippen molar-refractivity contribution < 1.29 is 0 Å². The maximum Gasteiger partial charge on any atom is 0.196 e. The summed E-state index contributed by atoms with van der Waals surface area (Å²) in [5.41, 5.74) is 1.95. The van der Waals surface area contributed by atoms with Gasteiger partial charge >= 0.3 is 0 Å². The SMILES string of the molecule is O=c1c2cc(N3CCCC3)ccc2sc2c(Cl)nc3ccccc3c12. The van der Waals surface area contributed by atoms with E-state index in [0.29, 0.717) is 10.5 Å². The number of hydrogen-bond donors (Lipinski definition) is 0. The van der Waals surface area contributed by atoms with Gasteiger partial charge in [0.2, 0.25) is 0 Å². The van der Waals surface area contributed by atoms with Crippen molar-refractivity contribution in [1.82, 2.24) is 4.98 Å². The van der Waals surface area contributed by atoms with Gasteiger partial charge in [0.25, 0.3) is 0 Å². The molecule has 1 aliphatic heterocycles. The number of benzene rings is 2. The third kappa shape index (κ3) is 2.32. The standard InChI is InChI=1S/C20H15ClN2OS/c21-20-19-17(13-5-1-2-6-15(13)22-20)18(24)14-11-12(7-8-16(14)25-19)23-9-3-4-10-23/h1-2,5-8,11H,3-4,9-10H2. The molecule has 1 fully saturated rings. The lowest BCUT2D eigenvalue weighted by molar-refractivity contribution is 0.949. The fourth-order valence-corrected chi connectivity index (χ4v) is 5.04. The van der Waals surface area contributed by atoms with Crippen molar-refractivity contribution in [2.45, 2.75) is 12.8 Å². The van der Waals surface area contributed by atoms with Gasteiger partial charge in [-0.2, -0.15) is 0 Å². The number of aromatic nitrogens is 1. The van der Waals surface area contributed by atoms with Gasteiger partial charge in [-0.3, -0.25) is 4.79 Å². The molecule has 4 aromatic rings. The number of halogens is 1. The molecule has 0 N–H and O–H groups in total. The van der Waals surface area contributed by atoms with Crippen LogP contribution in [0.4, 0.5) is 5.69 Å². The normalized spacial score (nSPS) is 14.8. The van der Waals surface area contributed by atoms with Crippen molar-refractivity contribution in [3.8, 4) is 0 Å². The molecule has 0 atom stereocenters. The Balaban J connectivity index is 1.89. The van der Waals surface area contributed by atoms with Crippen molar-refractivity contribution in [2.24, 2.45) is 0 Å². The lowest BCUT2D eigenvalue weighted by Crippen LogP contribution is -2.17. The number of pyridine rings is 1. The summed E-state index contributed by atoms with van der Waals surface area (Å²) in [6, 6.07) is 13.9. The molecule has 0 amide bonds. The smallest absolute Gasteiger partial charge is 0.196 e. The molecule has 0 spiro atoms. The molecular weight excluding hydrogens is 352 g/mol. The molecule has 5 heteroatoms. The highest BCUT2D eigenvalue weighted by molar-refractivity contribution is 7.25. The summed E-state index contributed by atoms with van der Waals surface area (Å²) in [5.74, 6) is 0. The molecule has 3 nitrogen and oxygen atoms in total. The summed E-state index contributed by atoms with van der Waals surface area (Å²) < 4.78 is 1.73. The molecule has 1 aliphatic rings. The number of hydrogen-bond acceptors (Lipinski definition) is 4. The van der Waals surface area contributed by atoms with Gasteiger partial charge in [0.15, 0.2) is 5.43 Å².